The zero-order chi connectivity index (χ0) is 13.0. The monoisotopic (exact) mass is 257 g/mol. The van der Waals surface area contributed by atoms with Crippen molar-refractivity contribution < 1.29 is 14.0 Å². The van der Waals surface area contributed by atoms with Gasteiger partial charge in [-0.15, -0.1) is 0 Å². The van der Waals surface area contributed by atoms with Gasteiger partial charge in [0.15, 0.2) is 5.78 Å². The number of carbonyl (C=O) groups is 2. The van der Waals surface area contributed by atoms with Gasteiger partial charge in [0.2, 0.25) is 0 Å². The van der Waals surface area contributed by atoms with Crippen LogP contribution < -0.4 is 5.32 Å². The number of hydrogen-bond acceptors (Lipinski definition) is 2. The van der Waals surface area contributed by atoms with Gasteiger partial charge in [0, 0.05) is 12.0 Å². The van der Waals surface area contributed by atoms with Crippen LogP contribution >= 0.6 is 11.6 Å². The average Bonchev–Trinajstić information content (AvgIpc) is 2.31. The molecule has 0 aromatic heterocycles. The minimum Gasteiger partial charge on any atom is -0.343 e. The Hall–Kier alpha value is -1.42. The van der Waals surface area contributed by atoms with Crippen LogP contribution in [-0.4, -0.2) is 17.7 Å². The Morgan fingerprint density at radius 1 is 1.47 bits per heavy atom. The van der Waals surface area contributed by atoms with Crippen LogP contribution in [0.1, 0.15) is 30.6 Å². The first-order valence-electron chi connectivity index (χ1n) is 5.24. The lowest BCUT2D eigenvalue weighted by molar-refractivity contribution is -0.120. The molecule has 0 aliphatic heterocycles. The summed E-state index contributed by atoms with van der Waals surface area (Å²) in [4.78, 5) is 23.0. The maximum Gasteiger partial charge on any atom is 0.251 e. The molecule has 0 bridgehead atoms. The first-order valence-corrected chi connectivity index (χ1v) is 5.62. The topological polar surface area (TPSA) is 46.2 Å². The SMILES string of the molecule is CCC(=O)C(C)NC(=O)c1ccc(F)c(Cl)c1. The number of ketones is 1. The molecule has 0 saturated heterocycles. The average molecular weight is 258 g/mol. The number of benzene rings is 1. The van der Waals surface area contributed by atoms with Crippen LogP contribution in [0, 0.1) is 5.82 Å². The summed E-state index contributed by atoms with van der Waals surface area (Å²) in [5.41, 5.74) is 0.229. The molecule has 5 heteroatoms. The van der Waals surface area contributed by atoms with Crippen LogP contribution in [0.2, 0.25) is 5.02 Å². The first kappa shape index (κ1) is 13.6. The smallest absolute Gasteiger partial charge is 0.251 e. The highest BCUT2D eigenvalue weighted by Gasteiger charge is 2.15. The highest BCUT2D eigenvalue weighted by molar-refractivity contribution is 6.31. The Morgan fingerprint density at radius 2 is 2.12 bits per heavy atom. The Kier molecular flexibility index (Phi) is 4.63. The van der Waals surface area contributed by atoms with Crippen molar-refractivity contribution in [1.82, 2.24) is 5.32 Å². The summed E-state index contributed by atoms with van der Waals surface area (Å²) in [5.74, 6) is -1.09. The molecule has 0 spiro atoms. The van der Waals surface area contributed by atoms with Gasteiger partial charge in [-0.05, 0) is 25.1 Å². The van der Waals surface area contributed by atoms with E-state index in [1.54, 1.807) is 13.8 Å². The Labute approximate surface area is 104 Å². The van der Waals surface area contributed by atoms with Crippen LogP contribution in [-0.2, 0) is 4.79 Å². The van der Waals surface area contributed by atoms with Crippen molar-refractivity contribution in [3.8, 4) is 0 Å². The van der Waals surface area contributed by atoms with E-state index in [0.29, 0.717) is 6.42 Å². The largest absolute Gasteiger partial charge is 0.343 e. The molecule has 0 saturated carbocycles. The Balaban J connectivity index is 2.76. The number of carbonyl (C=O) groups excluding carboxylic acids is 2. The molecule has 1 N–H and O–H groups in total. The fraction of sp³-hybridized carbons (Fsp3) is 0.333. The van der Waals surface area contributed by atoms with Crippen molar-refractivity contribution in [2.24, 2.45) is 0 Å². The highest BCUT2D eigenvalue weighted by Crippen LogP contribution is 2.16. The molecule has 0 aliphatic carbocycles. The number of Topliss-reactive ketones (excluding diaryl/α,β-unsaturated/α-hetero) is 1. The van der Waals surface area contributed by atoms with E-state index in [-0.39, 0.29) is 16.4 Å². The summed E-state index contributed by atoms with van der Waals surface area (Å²) in [6.45, 7) is 3.33. The predicted octanol–water partition coefficient (Wildman–Crippen LogP) is 2.58. The van der Waals surface area contributed by atoms with Gasteiger partial charge in [0.1, 0.15) is 5.82 Å². The third kappa shape index (κ3) is 3.53. The van der Waals surface area contributed by atoms with Crippen molar-refractivity contribution in [3.05, 3.63) is 34.6 Å². The van der Waals surface area contributed by atoms with Gasteiger partial charge in [-0.1, -0.05) is 18.5 Å². The third-order valence-electron chi connectivity index (χ3n) is 2.36. The molecule has 1 atom stereocenters. The van der Waals surface area contributed by atoms with E-state index in [9.17, 15) is 14.0 Å². The van der Waals surface area contributed by atoms with Gasteiger partial charge in [-0.3, -0.25) is 9.59 Å². The normalized spacial score (nSPS) is 12.0. The van der Waals surface area contributed by atoms with Gasteiger partial charge >= 0.3 is 0 Å². The van der Waals surface area contributed by atoms with Crippen LogP contribution in [0.25, 0.3) is 0 Å². The van der Waals surface area contributed by atoms with Crippen molar-refractivity contribution in [2.75, 3.05) is 0 Å². The molecule has 1 aromatic carbocycles. The molecular weight excluding hydrogens is 245 g/mol. The van der Waals surface area contributed by atoms with Crippen molar-refractivity contribution >= 4 is 23.3 Å². The number of nitrogens with one attached hydrogen (secondary N) is 1. The van der Waals surface area contributed by atoms with Crippen LogP contribution in [0.5, 0.6) is 0 Å². The van der Waals surface area contributed by atoms with Gasteiger partial charge in [-0.25, -0.2) is 4.39 Å². The molecule has 0 aliphatic rings. The lowest BCUT2D eigenvalue weighted by Gasteiger charge is -2.11. The minimum atomic E-state index is -0.583. The van der Waals surface area contributed by atoms with Crippen molar-refractivity contribution in [3.63, 3.8) is 0 Å². The van der Waals surface area contributed by atoms with Crippen LogP contribution in [0.4, 0.5) is 4.39 Å². The quantitative estimate of drug-likeness (QED) is 0.901. The highest BCUT2D eigenvalue weighted by atomic mass is 35.5. The first-order chi connectivity index (χ1) is 7.95. The van der Waals surface area contributed by atoms with Gasteiger partial charge in [0.25, 0.3) is 5.91 Å². The number of hydrogen-bond donors (Lipinski definition) is 1. The summed E-state index contributed by atoms with van der Waals surface area (Å²) in [6, 6.07) is 3.11. The third-order valence-corrected chi connectivity index (χ3v) is 2.65. The molecule has 3 nitrogen and oxygen atoms in total. The maximum atomic E-state index is 12.9. The fourth-order valence-electron chi connectivity index (χ4n) is 1.30. The van der Waals surface area contributed by atoms with Crippen LogP contribution in [0.15, 0.2) is 18.2 Å². The number of amides is 1. The maximum absolute atomic E-state index is 12.9. The van der Waals surface area contributed by atoms with E-state index in [2.05, 4.69) is 5.32 Å². The molecule has 0 radical (unpaired) electrons. The summed E-state index contributed by atoms with van der Waals surface area (Å²) in [5, 5.41) is 2.41. The zero-order valence-electron chi connectivity index (χ0n) is 9.59. The van der Waals surface area contributed by atoms with E-state index in [0.717, 1.165) is 6.07 Å². The van der Waals surface area contributed by atoms with Gasteiger partial charge in [-0.2, -0.15) is 0 Å². The van der Waals surface area contributed by atoms with Gasteiger partial charge < -0.3 is 5.32 Å². The standard InChI is InChI=1S/C12H13ClFNO2/c1-3-11(16)7(2)15-12(17)8-4-5-10(14)9(13)6-8/h4-7H,3H2,1-2H3,(H,15,17). The molecule has 1 rings (SSSR count). The van der Waals surface area contributed by atoms with E-state index < -0.39 is 17.8 Å². The summed E-state index contributed by atoms with van der Waals surface area (Å²) < 4.78 is 12.9. The number of rotatable bonds is 4. The van der Waals surface area contributed by atoms with E-state index in [1.165, 1.54) is 12.1 Å². The molecule has 1 unspecified atom stereocenters. The van der Waals surface area contributed by atoms with E-state index in [4.69, 9.17) is 11.6 Å². The second-order valence-corrected chi connectivity index (χ2v) is 4.05. The molecule has 17 heavy (non-hydrogen) atoms. The molecule has 92 valence electrons. The van der Waals surface area contributed by atoms with Crippen molar-refractivity contribution in [1.29, 1.82) is 0 Å². The lowest BCUT2D eigenvalue weighted by Crippen LogP contribution is -2.38. The molecule has 0 fully saturated rings. The lowest BCUT2D eigenvalue weighted by atomic mass is 10.1. The van der Waals surface area contributed by atoms with E-state index >= 15 is 0 Å². The molecule has 1 aromatic rings. The summed E-state index contributed by atoms with van der Waals surface area (Å²) in [7, 11) is 0. The van der Waals surface area contributed by atoms with E-state index in [1.807, 2.05) is 0 Å². The molecule has 1 amide bonds. The second-order valence-electron chi connectivity index (χ2n) is 3.64. The Bertz CT molecular complexity index is 448. The second kappa shape index (κ2) is 5.77. The van der Waals surface area contributed by atoms with Crippen molar-refractivity contribution in [2.45, 2.75) is 26.3 Å². The Morgan fingerprint density at radius 3 is 2.65 bits per heavy atom. The summed E-state index contributed by atoms with van der Waals surface area (Å²) >= 11 is 5.56. The minimum absolute atomic E-state index is 0.0634. The number of halogens is 2. The van der Waals surface area contributed by atoms with Crippen LogP contribution in [0.3, 0.4) is 0 Å². The zero-order valence-corrected chi connectivity index (χ0v) is 10.3. The molecular formula is C12H13ClFNO2. The van der Waals surface area contributed by atoms with Gasteiger partial charge in [0.05, 0.1) is 11.1 Å². The fourth-order valence-corrected chi connectivity index (χ4v) is 1.48. The molecule has 0 heterocycles. The predicted molar refractivity (Wildman–Crippen MR) is 63.6 cm³/mol. The summed E-state index contributed by atoms with van der Waals surface area (Å²) in [6.07, 6.45) is 0.353.